The summed E-state index contributed by atoms with van der Waals surface area (Å²) >= 11 is 0. The third-order valence-corrected chi connectivity index (χ3v) is 4.87. The fourth-order valence-electron chi connectivity index (χ4n) is 3.55. The minimum atomic E-state index is -1.03. The van der Waals surface area contributed by atoms with Crippen molar-refractivity contribution in [3.63, 3.8) is 0 Å². The molecule has 1 N–H and O–H groups in total. The van der Waals surface area contributed by atoms with Crippen LogP contribution in [-0.2, 0) is 9.59 Å². The van der Waals surface area contributed by atoms with Gasteiger partial charge in [0.25, 0.3) is 11.8 Å². The first-order valence-electron chi connectivity index (χ1n) is 10.5. The van der Waals surface area contributed by atoms with Gasteiger partial charge in [0.1, 0.15) is 12.4 Å². The zero-order chi connectivity index (χ0) is 22.7. The van der Waals surface area contributed by atoms with Gasteiger partial charge in [-0.1, -0.05) is 30.3 Å². The Morgan fingerprint density at radius 1 is 0.969 bits per heavy atom. The molecule has 0 spiro atoms. The third kappa shape index (κ3) is 4.61. The molecule has 0 aliphatic carbocycles. The summed E-state index contributed by atoms with van der Waals surface area (Å²) < 4.78 is 17.3. The maximum atomic E-state index is 13.8. The van der Waals surface area contributed by atoms with Gasteiger partial charge in [-0.2, -0.15) is 0 Å². The molecule has 0 saturated heterocycles. The molecular formula is C25H26N2O5. The number of fused-ring (bicyclic) bond motifs is 1. The number of para-hydroxylation sites is 3. The molecule has 0 saturated carbocycles. The van der Waals surface area contributed by atoms with Crippen molar-refractivity contribution in [2.24, 2.45) is 0 Å². The molecule has 3 aromatic rings. The quantitative estimate of drug-likeness (QED) is 0.654. The van der Waals surface area contributed by atoms with Crippen molar-refractivity contribution in [2.75, 3.05) is 11.5 Å². The van der Waals surface area contributed by atoms with Crippen LogP contribution in [-0.4, -0.2) is 30.1 Å². The van der Waals surface area contributed by atoms with E-state index in [1.807, 2.05) is 51.1 Å². The maximum absolute atomic E-state index is 13.8. The van der Waals surface area contributed by atoms with E-state index in [1.54, 1.807) is 36.4 Å². The average molecular weight is 434 g/mol. The van der Waals surface area contributed by atoms with Crippen molar-refractivity contribution >= 4 is 17.5 Å². The van der Waals surface area contributed by atoms with E-state index in [1.165, 1.54) is 11.2 Å². The van der Waals surface area contributed by atoms with Crippen LogP contribution >= 0.6 is 0 Å². The maximum Gasteiger partial charge on any atom is 0.272 e. The molecular weight excluding hydrogens is 408 g/mol. The highest BCUT2D eigenvalue weighted by molar-refractivity contribution is 6.03. The minimum Gasteiger partial charge on any atom is -0.485 e. The van der Waals surface area contributed by atoms with Crippen molar-refractivity contribution in [3.8, 4) is 11.5 Å². The van der Waals surface area contributed by atoms with Crippen molar-refractivity contribution in [1.29, 1.82) is 0 Å². The van der Waals surface area contributed by atoms with Gasteiger partial charge < -0.3 is 19.2 Å². The summed E-state index contributed by atoms with van der Waals surface area (Å²) in [7, 11) is 0. The fraction of sp³-hybridized carbons (Fsp3) is 0.280. The second-order valence-electron chi connectivity index (χ2n) is 8.57. The summed E-state index contributed by atoms with van der Waals surface area (Å²) in [5.41, 5.74) is 0.0434. The molecule has 7 nitrogen and oxygen atoms in total. The Bertz CT molecular complexity index is 1070. The molecule has 2 atom stereocenters. The Morgan fingerprint density at radius 2 is 1.66 bits per heavy atom. The molecule has 0 unspecified atom stereocenters. The predicted molar refractivity (Wildman–Crippen MR) is 120 cm³/mol. The number of nitrogens with one attached hydrogen (secondary N) is 1. The Morgan fingerprint density at radius 3 is 2.31 bits per heavy atom. The Balaban J connectivity index is 1.74. The summed E-state index contributed by atoms with van der Waals surface area (Å²) in [4.78, 5) is 28.7. The largest absolute Gasteiger partial charge is 0.485 e. The van der Waals surface area contributed by atoms with Crippen molar-refractivity contribution in [2.45, 2.75) is 38.5 Å². The highest BCUT2D eigenvalue weighted by atomic mass is 16.6. The van der Waals surface area contributed by atoms with Crippen LogP contribution in [0.25, 0.3) is 0 Å². The number of nitrogens with zero attached hydrogens (tertiary/aromatic N) is 1. The number of benzene rings is 2. The standard InChI is InChI=1S/C25H26N2O5/c1-25(2,3)26-23(28)22(20-14-9-15-30-20)27(17-10-5-4-6-11-17)24(29)21-16-31-18-12-7-8-13-19(18)32-21/h4-15,21-22H,16H2,1-3H3,(H,26,28)/t21-,22-/m0/s1. The minimum absolute atomic E-state index is 0.0327. The normalized spacial score (nSPS) is 16.2. The van der Waals surface area contributed by atoms with Crippen LogP contribution in [0.2, 0.25) is 0 Å². The van der Waals surface area contributed by atoms with Gasteiger partial charge in [-0.05, 0) is 57.2 Å². The molecule has 0 radical (unpaired) electrons. The van der Waals surface area contributed by atoms with Crippen molar-refractivity contribution in [3.05, 3.63) is 78.8 Å². The Labute approximate surface area is 186 Å². The molecule has 32 heavy (non-hydrogen) atoms. The number of amides is 2. The second-order valence-corrected chi connectivity index (χ2v) is 8.57. The highest BCUT2D eigenvalue weighted by Gasteiger charge is 2.41. The van der Waals surface area contributed by atoms with Crippen molar-refractivity contribution < 1.29 is 23.5 Å². The first kappa shape index (κ1) is 21.5. The second kappa shape index (κ2) is 8.78. The lowest BCUT2D eigenvalue weighted by molar-refractivity contribution is -0.132. The number of carbonyl (C=O) groups excluding carboxylic acids is 2. The third-order valence-electron chi connectivity index (χ3n) is 4.87. The van der Waals surface area contributed by atoms with Crippen molar-refractivity contribution in [1.82, 2.24) is 5.32 Å². The van der Waals surface area contributed by atoms with Gasteiger partial charge >= 0.3 is 0 Å². The van der Waals surface area contributed by atoms with Crippen LogP contribution < -0.4 is 19.7 Å². The van der Waals surface area contributed by atoms with E-state index in [0.717, 1.165) is 0 Å². The number of anilines is 1. The van der Waals surface area contributed by atoms with Gasteiger partial charge in [-0.3, -0.25) is 14.5 Å². The summed E-state index contributed by atoms with van der Waals surface area (Å²) in [6.45, 7) is 5.68. The highest BCUT2D eigenvalue weighted by Crippen LogP contribution is 2.34. The predicted octanol–water partition coefficient (Wildman–Crippen LogP) is 4.11. The molecule has 166 valence electrons. The monoisotopic (exact) mass is 434 g/mol. The molecule has 4 rings (SSSR count). The van der Waals surface area contributed by atoms with E-state index < -0.39 is 23.6 Å². The SMILES string of the molecule is CC(C)(C)NC(=O)[C@H](c1ccco1)N(C(=O)[C@@H]1COc2ccccc2O1)c1ccccc1. The summed E-state index contributed by atoms with van der Waals surface area (Å²) in [6.07, 6.45) is 0.557. The van der Waals surface area contributed by atoms with Crippen LogP contribution in [0.4, 0.5) is 5.69 Å². The molecule has 2 amide bonds. The van der Waals surface area contributed by atoms with Gasteiger partial charge in [0.15, 0.2) is 17.5 Å². The number of ether oxygens (including phenoxy) is 2. The van der Waals surface area contributed by atoms with Crippen LogP contribution in [0, 0.1) is 0 Å². The molecule has 7 heteroatoms. The van der Waals surface area contributed by atoms with E-state index in [4.69, 9.17) is 13.9 Å². The molecule has 2 heterocycles. The van der Waals surface area contributed by atoms with E-state index in [-0.39, 0.29) is 12.5 Å². The molecule has 1 aromatic heterocycles. The lowest BCUT2D eigenvalue weighted by Crippen LogP contribution is -2.53. The van der Waals surface area contributed by atoms with Gasteiger partial charge in [-0.25, -0.2) is 0 Å². The Kier molecular flexibility index (Phi) is 5.90. The van der Waals surface area contributed by atoms with Crippen LogP contribution in [0.15, 0.2) is 77.4 Å². The first-order valence-corrected chi connectivity index (χ1v) is 10.5. The fourth-order valence-corrected chi connectivity index (χ4v) is 3.55. The average Bonchev–Trinajstić information content (AvgIpc) is 3.30. The van der Waals surface area contributed by atoms with Crippen LogP contribution in [0.1, 0.15) is 32.6 Å². The topological polar surface area (TPSA) is 81.0 Å². The number of hydrogen-bond donors (Lipinski definition) is 1. The number of carbonyl (C=O) groups is 2. The molecule has 0 bridgehead atoms. The summed E-state index contributed by atoms with van der Waals surface area (Å²) in [6, 6.07) is 18.5. The molecule has 2 aromatic carbocycles. The first-order chi connectivity index (χ1) is 15.3. The summed E-state index contributed by atoms with van der Waals surface area (Å²) in [5, 5.41) is 2.97. The number of furan rings is 1. The number of rotatable bonds is 5. The van der Waals surface area contributed by atoms with Crippen LogP contribution in [0.3, 0.4) is 0 Å². The molecule has 1 aliphatic heterocycles. The number of hydrogen-bond acceptors (Lipinski definition) is 5. The van der Waals surface area contributed by atoms with E-state index in [9.17, 15) is 9.59 Å². The zero-order valence-electron chi connectivity index (χ0n) is 18.3. The summed E-state index contributed by atoms with van der Waals surface area (Å²) in [5.74, 6) is 0.647. The van der Waals surface area contributed by atoms with E-state index in [2.05, 4.69) is 5.32 Å². The van der Waals surface area contributed by atoms with E-state index in [0.29, 0.717) is 22.9 Å². The lowest BCUT2D eigenvalue weighted by atomic mass is 10.0. The smallest absolute Gasteiger partial charge is 0.272 e. The molecule has 0 fully saturated rings. The van der Waals surface area contributed by atoms with Crippen LogP contribution in [0.5, 0.6) is 11.5 Å². The van der Waals surface area contributed by atoms with Gasteiger partial charge in [0.05, 0.1) is 6.26 Å². The Hall–Kier alpha value is -3.74. The lowest BCUT2D eigenvalue weighted by Gasteiger charge is -2.35. The zero-order valence-corrected chi connectivity index (χ0v) is 18.3. The molecule has 1 aliphatic rings. The van der Waals surface area contributed by atoms with Gasteiger partial charge in [-0.15, -0.1) is 0 Å². The van der Waals surface area contributed by atoms with Gasteiger partial charge in [0, 0.05) is 11.2 Å². The van der Waals surface area contributed by atoms with E-state index >= 15 is 0 Å². The van der Waals surface area contributed by atoms with Gasteiger partial charge in [0.2, 0.25) is 6.10 Å².